The molecule has 4 rings (SSSR count). The summed E-state index contributed by atoms with van der Waals surface area (Å²) in [7, 11) is 2.83. The Hall–Kier alpha value is -3.78. The van der Waals surface area contributed by atoms with Gasteiger partial charge in [0.2, 0.25) is 0 Å². The number of aryl methyl sites for hydroxylation is 1. The van der Waals surface area contributed by atoms with Crippen LogP contribution >= 0.6 is 11.6 Å². The highest BCUT2D eigenvalue weighted by molar-refractivity contribution is 6.46. The third-order valence-corrected chi connectivity index (χ3v) is 5.67. The van der Waals surface area contributed by atoms with E-state index < -0.39 is 23.5 Å². The topological polar surface area (TPSA) is 102 Å². The number of hydrogen-bond donors (Lipinski definition) is 1. The van der Waals surface area contributed by atoms with E-state index in [9.17, 15) is 14.7 Å². The number of amides is 1. The van der Waals surface area contributed by atoms with Crippen molar-refractivity contribution in [3.63, 3.8) is 0 Å². The quantitative estimate of drug-likeness (QED) is 0.327. The average molecular weight is 469 g/mol. The second kappa shape index (κ2) is 8.99. The van der Waals surface area contributed by atoms with Crippen molar-refractivity contribution in [3.05, 3.63) is 82.0 Å². The lowest BCUT2D eigenvalue weighted by molar-refractivity contribution is -0.140. The summed E-state index contributed by atoms with van der Waals surface area (Å²) in [6, 6.07) is 8.90. The maximum atomic E-state index is 13.2. The molecule has 1 fully saturated rings. The van der Waals surface area contributed by atoms with Crippen molar-refractivity contribution in [2.75, 3.05) is 14.2 Å². The molecule has 1 N–H and O–H groups in total. The minimum Gasteiger partial charge on any atom is -0.507 e. The molecule has 2 aromatic heterocycles. The van der Waals surface area contributed by atoms with E-state index in [0.29, 0.717) is 11.5 Å². The molecule has 1 aliphatic heterocycles. The monoisotopic (exact) mass is 468 g/mol. The molecule has 8 nitrogen and oxygen atoms in total. The van der Waals surface area contributed by atoms with Crippen LogP contribution in [0.1, 0.15) is 28.7 Å². The van der Waals surface area contributed by atoms with Gasteiger partial charge in [-0.15, -0.1) is 0 Å². The van der Waals surface area contributed by atoms with Crippen LogP contribution in [0.15, 0.2) is 58.8 Å². The van der Waals surface area contributed by atoms with Gasteiger partial charge in [0.15, 0.2) is 0 Å². The second-order valence-corrected chi connectivity index (χ2v) is 7.83. The summed E-state index contributed by atoms with van der Waals surface area (Å²) >= 11 is 6.18. The first-order chi connectivity index (χ1) is 15.8. The Labute approximate surface area is 195 Å². The van der Waals surface area contributed by atoms with Gasteiger partial charge in [-0.05, 0) is 36.8 Å². The molecular weight excluding hydrogens is 448 g/mol. The summed E-state index contributed by atoms with van der Waals surface area (Å²) in [4.78, 5) is 31.7. The Bertz CT molecular complexity index is 1250. The molecule has 33 heavy (non-hydrogen) atoms. The molecule has 3 heterocycles. The van der Waals surface area contributed by atoms with E-state index in [0.717, 1.165) is 5.56 Å². The first-order valence-corrected chi connectivity index (χ1v) is 10.4. The third kappa shape index (κ3) is 4.05. The predicted molar refractivity (Wildman–Crippen MR) is 120 cm³/mol. The molecule has 0 aliphatic carbocycles. The molecule has 170 valence electrons. The molecule has 1 atom stereocenters. The van der Waals surface area contributed by atoms with Crippen molar-refractivity contribution in [1.29, 1.82) is 0 Å². The van der Waals surface area contributed by atoms with Crippen molar-refractivity contribution in [2.45, 2.75) is 19.5 Å². The number of ketones is 1. The van der Waals surface area contributed by atoms with Crippen LogP contribution in [-0.2, 0) is 16.1 Å². The average Bonchev–Trinajstić information content (AvgIpc) is 3.35. The number of hydrogen-bond acceptors (Lipinski definition) is 7. The molecule has 1 aromatic carbocycles. The first-order valence-electron chi connectivity index (χ1n) is 10.0. The Balaban J connectivity index is 1.91. The standard InChI is InChI=1S/C24H21ClN2O6/c1-13-6-7-17(33-13)21-20(22(28)15-9-19(32-3)16(25)10-18(15)31-2)23(29)24(30)27(21)12-14-5-4-8-26-11-14/h4-11,21,28H,12H2,1-3H3/b22-20+. The number of likely N-dealkylation sites (tertiary alicyclic amines) is 1. The van der Waals surface area contributed by atoms with Crippen LogP contribution in [0.4, 0.5) is 0 Å². The number of benzene rings is 1. The van der Waals surface area contributed by atoms with E-state index in [-0.39, 0.29) is 34.2 Å². The number of halogens is 1. The third-order valence-electron chi connectivity index (χ3n) is 5.38. The van der Waals surface area contributed by atoms with Crippen LogP contribution in [0, 0.1) is 6.92 Å². The Morgan fingerprint density at radius 1 is 1.18 bits per heavy atom. The zero-order valence-electron chi connectivity index (χ0n) is 18.2. The largest absolute Gasteiger partial charge is 0.507 e. The zero-order chi connectivity index (χ0) is 23.7. The molecule has 3 aromatic rings. The Morgan fingerprint density at radius 3 is 2.55 bits per heavy atom. The summed E-state index contributed by atoms with van der Waals surface area (Å²) in [5, 5.41) is 11.6. The number of rotatable bonds is 6. The van der Waals surface area contributed by atoms with Gasteiger partial charge < -0.3 is 23.9 Å². The van der Waals surface area contributed by atoms with Crippen molar-refractivity contribution in [3.8, 4) is 11.5 Å². The van der Waals surface area contributed by atoms with Gasteiger partial charge in [0, 0.05) is 25.0 Å². The van der Waals surface area contributed by atoms with Crippen molar-refractivity contribution < 1.29 is 28.6 Å². The zero-order valence-corrected chi connectivity index (χ0v) is 18.9. The van der Waals surface area contributed by atoms with E-state index >= 15 is 0 Å². The van der Waals surface area contributed by atoms with Crippen LogP contribution in [0.25, 0.3) is 5.76 Å². The van der Waals surface area contributed by atoms with Gasteiger partial charge in [0.1, 0.15) is 34.8 Å². The fourth-order valence-corrected chi connectivity index (χ4v) is 4.05. The maximum Gasteiger partial charge on any atom is 0.296 e. The summed E-state index contributed by atoms with van der Waals surface area (Å²) in [6.07, 6.45) is 3.22. The van der Waals surface area contributed by atoms with Crippen LogP contribution < -0.4 is 9.47 Å². The van der Waals surface area contributed by atoms with Gasteiger partial charge >= 0.3 is 0 Å². The number of aliphatic hydroxyl groups excluding tert-OH is 1. The van der Waals surface area contributed by atoms with E-state index in [1.165, 1.54) is 31.3 Å². The van der Waals surface area contributed by atoms with E-state index in [1.54, 1.807) is 43.6 Å². The SMILES string of the molecule is COc1cc(/C(O)=C2\C(=O)C(=O)N(Cc3cccnc3)C2c2ccc(C)o2)c(OC)cc1Cl. The van der Waals surface area contributed by atoms with Crippen molar-refractivity contribution >= 4 is 29.1 Å². The van der Waals surface area contributed by atoms with Crippen LogP contribution in [-0.4, -0.2) is 40.9 Å². The molecule has 0 saturated carbocycles. The van der Waals surface area contributed by atoms with Crippen molar-refractivity contribution in [2.24, 2.45) is 0 Å². The Morgan fingerprint density at radius 2 is 1.94 bits per heavy atom. The van der Waals surface area contributed by atoms with Gasteiger partial charge in [-0.1, -0.05) is 17.7 Å². The molecule has 1 saturated heterocycles. The number of carbonyl (C=O) groups is 2. The summed E-state index contributed by atoms with van der Waals surface area (Å²) in [5.74, 6) is -0.599. The van der Waals surface area contributed by atoms with Crippen LogP contribution in [0.3, 0.4) is 0 Å². The van der Waals surface area contributed by atoms with Gasteiger partial charge in [-0.3, -0.25) is 14.6 Å². The number of nitrogens with zero attached hydrogens (tertiary/aromatic N) is 2. The normalized spacial score (nSPS) is 17.5. The van der Waals surface area contributed by atoms with Gasteiger partial charge in [0.05, 0.1) is 30.4 Å². The summed E-state index contributed by atoms with van der Waals surface area (Å²) in [6.45, 7) is 1.85. The van der Waals surface area contributed by atoms with Crippen LogP contribution in [0.5, 0.6) is 11.5 Å². The van der Waals surface area contributed by atoms with Gasteiger partial charge in [0.25, 0.3) is 11.7 Å². The minimum absolute atomic E-state index is 0.0979. The molecule has 0 bridgehead atoms. The number of furan rings is 1. The Kier molecular flexibility index (Phi) is 6.11. The van der Waals surface area contributed by atoms with Crippen LogP contribution in [0.2, 0.25) is 5.02 Å². The highest BCUT2D eigenvalue weighted by atomic mass is 35.5. The molecule has 1 aliphatic rings. The highest BCUT2D eigenvalue weighted by Gasteiger charge is 2.47. The molecule has 0 spiro atoms. The number of carbonyl (C=O) groups excluding carboxylic acids is 2. The number of aliphatic hydroxyl groups is 1. The lowest BCUT2D eigenvalue weighted by atomic mass is 9.98. The number of methoxy groups -OCH3 is 2. The predicted octanol–water partition coefficient (Wildman–Crippen LogP) is 4.28. The van der Waals surface area contributed by atoms with Gasteiger partial charge in [-0.2, -0.15) is 0 Å². The fraction of sp³-hybridized carbons (Fsp3) is 0.208. The van der Waals surface area contributed by atoms with E-state index in [2.05, 4.69) is 4.98 Å². The lowest BCUT2D eigenvalue weighted by Crippen LogP contribution is -2.29. The first kappa shape index (κ1) is 22.4. The fourth-order valence-electron chi connectivity index (χ4n) is 3.82. The number of Topliss-reactive ketones (excluding diaryl/α,β-unsaturated/α-hetero) is 1. The molecule has 1 unspecified atom stereocenters. The maximum absolute atomic E-state index is 13.2. The van der Waals surface area contributed by atoms with E-state index in [1.807, 2.05) is 0 Å². The molecule has 0 radical (unpaired) electrons. The smallest absolute Gasteiger partial charge is 0.296 e. The summed E-state index contributed by atoms with van der Waals surface area (Å²) in [5.41, 5.74) is 0.755. The number of pyridine rings is 1. The van der Waals surface area contributed by atoms with Gasteiger partial charge in [-0.25, -0.2) is 0 Å². The molecular formula is C24H21ClN2O6. The highest BCUT2D eigenvalue weighted by Crippen LogP contribution is 2.43. The summed E-state index contributed by atoms with van der Waals surface area (Å²) < 4.78 is 16.4. The second-order valence-electron chi connectivity index (χ2n) is 7.42. The molecule has 1 amide bonds. The van der Waals surface area contributed by atoms with E-state index in [4.69, 9.17) is 25.5 Å². The minimum atomic E-state index is -0.953. The van der Waals surface area contributed by atoms with Crippen molar-refractivity contribution in [1.82, 2.24) is 9.88 Å². The number of ether oxygens (including phenoxy) is 2. The number of aromatic nitrogens is 1. The molecule has 9 heteroatoms. The lowest BCUT2D eigenvalue weighted by Gasteiger charge is -2.23.